The van der Waals surface area contributed by atoms with Gasteiger partial charge in [0.05, 0.1) is 5.41 Å². The van der Waals surface area contributed by atoms with Crippen molar-refractivity contribution < 1.29 is 18.8 Å². The molecule has 1 unspecified atom stereocenters. The third kappa shape index (κ3) is 2.53. The van der Waals surface area contributed by atoms with E-state index in [1.54, 1.807) is 12.1 Å². The fourth-order valence-corrected chi connectivity index (χ4v) is 2.67. The molecule has 2 N–H and O–H groups in total. The predicted molar refractivity (Wildman–Crippen MR) is 71.6 cm³/mol. The van der Waals surface area contributed by atoms with Crippen LogP contribution in [0.4, 0.5) is 4.39 Å². The van der Waals surface area contributed by atoms with Crippen molar-refractivity contribution >= 4 is 17.7 Å². The summed E-state index contributed by atoms with van der Waals surface area (Å²) in [4.78, 5) is 35.2. The summed E-state index contributed by atoms with van der Waals surface area (Å²) in [6.45, 7) is 0. The van der Waals surface area contributed by atoms with E-state index in [1.807, 2.05) is 0 Å². The molecule has 5 nitrogen and oxygen atoms in total. The molecule has 110 valence electrons. The zero-order valence-corrected chi connectivity index (χ0v) is 11.3. The highest BCUT2D eigenvalue weighted by molar-refractivity contribution is 6.03. The van der Waals surface area contributed by atoms with Gasteiger partial charge in [0, 0.05) is 6.42 Å². The van der Waals surface area contributed by atoms with Gasteiger partial charge in [0.2, 0.25) is 17.7 Å². The Balaban J connectivity index is 1.72. The van der Waals surface area contributed by atoms with E-state index in [-0.39, 0.29) is 24.1 Å². The number of imide groups is 1. The summed E-state index contributed by atoms with van der Waals surface area (Å²) in [5.41, 5.74) is 0.101. The van der Waals surface area contributed by atoms with Crippen LogP contribution in [0.3, 0.4) is 0 Å². The first-order valence-electron chi connectivity index (χ1n) is 6.92. The topological polar surface area (TPSA) is 75.3 Å². The lowest BCUT2D eigenvalue weighted by molar-refractivity contribution is -0.137. The van der Waals surface area contributed by atoms with Gasteiger partial charge in [0.25, 0.3) is 0 Å². The zero-order chi connectivity index (χ0) is 15.0. The maximum Gasteiger partial charge on any atom is 0.249 e. The van der Waals surface area contributed by atoms with Crippen molar-refractivity contribution in [2.45, 2.75) is 37.1 Å². The molecule has 1 aliphatic heterocycles. The number of nitrogens with one attached hydrogen (secondary N) is 2. The lowest BCUT2D eigenvalue weighted by Gasteiger charge is -2.24. The molecular formula is C15H15FN2O3. The van der Waals surface area contributed by atoms with Crippen LogP contribution in [-0.2, 0) is 19.8 Å². The van der Waals surface area contributed by atoms with Gasteiger partial charge in [-0.3, -0.25) is 19.7 Å². The molecule has 2 aliphatic rings. The summed E-state index contributed by atoms with van der Waals surface area (Å²) in [5, 5.41) is 4.92. The Morgan fingerprint density at radius 1 is 1.24 bits per heavy atom. The largest absolute Gasteiger partial charge is 0.344 e. The zero-order valence-electron chi connectivity index (χ0n) is 11.3. The van der Waals surface area contributed by atoms with Gasteiger partial charge in [-0.2, -0.15) is 0 Å². The Hall–Kier alpha value is -2.24. The smallest absolute Gasteiger partial charge is 0.249 e. The van der Waals surface area contributed by atoms with Crippen molar-refractivity contribution in [3.63, 3.8) is 0 Å². The molecule has 0 bridgehead atoms. The van der Waals surface area contributed by atoms with Crippen LogP contribution in [0.25, 0.3) is 0 Å². The number of rotatable bonds is 3. The monoisotopic (exact) mass is 290 g/mol. The van der Waals surface area contributed by atoms with Crippen molar-refractivity contribution in [2.24, 2.45) is 0 Å². The van der Waals surface area contributed by atoms with E-state index in [4.69, 9.17) is 0 Å². The van der Waals surface area contributed by atoms with Gasteiger partial charge in [0.15, 0.2) is 0 Å². The second-order valence-electron chi connectivity index (χ2n) is 5.57. The lowest BCUT2D eigenvalue weighted by atomic mass is 9.94. The molecule has 1 saturated carbocycles. The molecule has 0 spiro atoms. The van der Waals surface area contributed by atoms with Crippen LogP contribution in [0.2, 0.25) is 0 Å². The molecule has 3 rings (SSSR count). The minimum absolute atomic E-state index is 0.222. The van der Waals surface area contributed by atoms with E-state index in [1.165, 1.54) is 12.1 Å². The number of piperidine rings is 1. The maximum atomic E-state index is 13.0. The highest BCUT2D eigenvalue weighted by Gasteiger charge is 2.52. The second-order valence-corrected chi connectivity index (χ2v) is 5.57. The van der Waals surface area contributed by atoms with E-state index < -0.39 is 17.4 Å². The molecular weight excluding hydrogens is 275 g/mol. The average Bonchev–Trinajstić information content (AvgIpc) is 3.24. The molecule has 0 radical (unpaired) electrons. The normalized spacial score (nSPS) is 23.4. The van der Waals surface area contributed by atoms with Gasteiger partial charge in [-0.15, -0.1) is 0 Å². The fraction of sp³-hybridized carbons (Fsp3) is 0.400. The second kappa shape index (κ2) is 4.95. The highest BCUT2D eigenvalue weighted by atomic mass is 19.1. The molecule has 1 atom stereocenters. The summed E-state index contributed by atoms with van der Waals surface area (Å²) < 4.78 is 13.0. The number of hydrogen-bond acceptors (Lipinski definition) is 3. The Labute approximate surface area is 120 Å². The van der Waals surface area contributed by atoms with Crippen LogP contribution in [0.5, 0.6) is 0 Å². The molecule has 1 aromatic carbocycles. The lowest BCUT2D eigenvalue weighted by Crippen LogP contribution is -2.54. The van der Waals surface area contributed by atoms with Crippen molar-refractivity contribution in [3.05, 3.63) is 35.6 Å². The Bertz CT molecular complexity index is 608. The molecule has 3 amide bonds. The molecule has 0 aromatic heterocycles. The van der Waals surface area contributed by atoms with Gasteiger partial charge in [-0.1, -0.05) is 12.1 Å². The number of carbonyl (C=O) groups is 3. The minimum Gasteiger partial charge on any atom is -0.344 e. The van der Waals surface area contributed by atoms with Crippen LogP contribution >= 0.6 is 0 Å². The molecule has 21 heavy (non-hydrogen) atoms. The van der Waals surface area contributed by atoms with E-state index in [0.717, 1.165) is 5.56 Å². The summed E-state index contributed by atoms with van der Waals surface area (Å²) in [6, 6.07) is 5.19. The standard InChI is InChI=1S/C15H15FN2O3/c16-10-3-1-9(2-4-10)15(7-8-15)14(21)17-11-5-6-12(19)18-13(11)20/h1-4,11H,5-8H2,(H,17,21)(H,18,19,20). The first kappa shape index (κ1) is 13.7. The molecule has 1 aliphatic carbocycles. The van der Waals surface area contributed by atoms with Gasteiger partial charge in [-0.05, 0) is 37.0 Å². The Kier molecular flexibility index (Phi) is 3.23. The highest BCUT2D eigenvalue weighted by Crippen LogP contribution is 2.48. The van der Waals surface area contributed by atoms with Gasteiger partial charge < -0.3 is 5.32 Å². The van der Waals surface area contributed by atoms with Crippen molar-refractivity contribution in [2.75, 3.05) is 0 Å². The predicted octanol–water partition coefficient (Wildman–Crippen LogP) is 0.779. The first-order valence-corrected chi connectivity index (χ1v) is 6.92. The van der Waals surface area contributed by atoms with Crippen LogP contribution in [0.1, 0.15) is 31.2 Å². The number of hydrogen-bond donors (Lipinski definition) is 2. The molecule has 1 saturated heterocycles. The molecule has 1 heterocycles. The Morgan fingerprint density at radius 3 is 2.48 bits per heavy atom. The SMILES string of the molecule is O=C1CCC(NC(=O)C2(c3ccc(F)cc3)CC2)C(=O)N1. The fourth-order valence-electron chi connectivity index (χ4n) is 2.67. The number of amides is 3. The number of benzene rings is 1. The van der Waals surface area contributed by atoms with Crippen molar-refractivity contribution in [1.29, 1.82) is 0 Å². The Morgan fingerprint density at radius 2 is 1.90 bits per heavy atom. The molecule has 2 fully saturated rings. The third-order valence-electron chi connectivity index (χ3n) is 4.13. The summed E-state index contributed by atoms with van der Waals surface area (Å²) in [6.07, 6.45) is 1.89. The first-order chi connectivity index (χ1) is 10.0. The average molecular weight is 290 g/mol. The third-order valence-corrected chi connectivity index (χ3v) is 4.13. The van der Waals surface area contributed by atoms with Crippen LogP contribution in [0.15, 0.2) is 24.3 Å². The van der Waals surface area contributed by atoms with Gasteiger partial charge in [-0.25, -0.2) is 4.39 Å². The van der Waals surface area contributed by atoms with Crippen molar-refractivity contribution in [1.82, 2.24) is 10.6 Å². The summed E-state index contributed by atoms with van der Waals surface area (Å²) in [5.74, 6) is -1.36. The van der Waals surface area contributed by atoms with Gasteiger partial charge in [0.1, 0.15) is 11.9 Å². The quantitative estimate of drug-likeness (QED) is 0.808. The van der Waals surface area contributed by atoms with Crippen LogP contribution in [0, 0.1) is 5.82 Å². The maximum absolute atomic E-state index is 13.0. The van der Waals surface area contributed by atoms with Crippen LogP contribution < -0.4 is 10.6 Å². The molecule has 6 heteroatoms. The minimum atomic E-state index is -0.673. The van der Waals surface area contributed by atoms with E-state index in [2.05, 4.69) is 10.6 Å². The van der Waals surface area contributed by atoms with Crippen molar-refractivity contribution in [3.8, 4) is 0 Å². The number of halogens is 1. The summed E-state index contributed by atoms with van der Waals surface area (Å²) in [7, 11) is 0. The number of carbonyl (C=O) groups excluding carboxylic acids is 3. The van der Waals surface area contributed by atoms with E-state index >= 15 is 0 Å². The van der Waals surface area contributed by atoms with Crippen LogP contribution in [-0.4, -0.2) is 23.8 Å². The van der Waals surface area contributed by atoms with Gasteiger partial charge >= 0.3 is 0 Å². The van der Waals surface area contributed by atoms with E-state index in [9.17, 15) is 18.8 Å². The molecule has 1 aromatic rings. The van der Waals surface area contributed by atoms with E-state index in [0.29, 0.717) is 19.3 Å². The summed E-state index contributed by atoms with van der Waals surface area (Å²) >= 11 is 0.